The SMILES string of the molecule is CC(C)[C@@H](C)NC(=O)[C@H](C)N(c1ccc2c(c1)OCCO2)S(C)(=O)=O. The minimum absolute atomic E-state index is 0.0587. The number of amides is 1. The highest BCUT2D eigenvalue weighted by Crippen LogP contribution is 2.35. The highest BCUT2D eigenvalue weighted by atomic mass is 32.2. The Labute approximate surface area is 149 Å². The average molecular weight is 370 g/mol. The fraction of sp³-hybridized carbons (Fsp3) is 0.588. The second-order valence-corrected chi connectivity index (χ2v) is 8.46. The molecule has 8 heteroatoms. The first kappa shape index (κ1) is 19.4. The van der Waals surface area contributed by atoms with Crippen LogP contribution in [0.3, 0.4) is 0 Å². The number of fused-ring (bicyclic) bond motifs is 1. The van der Waals surface area contributed by atoms with Gasteiger partial charge in [0.1, 0.15) is 19.3 Å². The molecule has 1 aliphatic heterocycles. The van der Waals surface area contributed by atoms with Gasteiger partial charge >= 0.3 is 0 Å². The van der Waals surface area contributed by atoms with Crippen LogP contribution in [0.2, 0.25) is 0 Å². The van der Waals surface area contributed by atoms with Gasteiger partial charge < -0.3 is 14.8 Å². The first-order valence-corrected chi connectivity index (χ1v) is 10.2. The molecule has 0 saturated heterocycles. The zero-order valence-electron chi connectivity index (χ0n) is 15.3. The molecule has 0 spiro atoms. The van der Waals surface area contributed by atoms with Crippen molar-refractivity contribution in [1.29, 1.82) is 0 Å². The number of rotatable bonds is 6. The van der Waals surface area contributed by atoms with E-state index in [2.05, 4.69) is 5.32 Å². The fourth-order valence-corrected chi connectivity index (χ4v) is 3.66. The molecule has 1 aliphatic rings. The molecule has 2 rings (SSSR count). The van der Waals surface area contributed by atoms with E-state index in [4.69, 9.17) is 9.47 Å². The van der Waals surface area contributed by atoms with Crippen molar-refractivity contribution in [3.8, 4) is 11.5 Å². The number of ether oxygens (including phenoxy) is 2. The summed E-state index contributed by atoms with van der Waals surface area (Å²) < 4.78 is 36.8. The smallest absolute Gasteiger partial charge is 0.243 e. The van der Waals surface area contributed by atoms with E-state index in [1.807, 2.05) is 20.8 Å². The fourth-order valence-electron chi connectivity index (χ4n) is 2.49. The number of carbonyl (C=O) groups excluding carboxylic acids is 1. The molecule has 0 aliphatic carbocycles. The Bertz CT molecular complexity index is 733. The lowest BCUT2D eigenvalue weighted by Crippen LogP contribution is -2.50. The van der Waals surface area contributed by atoms with Crippen LogP contribution in [0.25, 0.3) is 0 Å². The van der Waals surface area contributed by atoms with Gasteiger partial charge in [0.05, 0.1) is 11.9 Å². The molecule has 0 fully saturated rings. The summed E-state index contributed by atoms with van der Waals surface area (Å²) in [7, 11) is -3.67. The molecule has 1 heterocycles. The van der Waals surface area contributed by atoms with Crippen LogP contribution in [0.4, 0.5) is 5.69 Å². The lowest BCUT2D eigenvalue weighted by molar-refractivity contribution is -0.122. The largest absolute Gasteiger partial charge is 0.486 e. The quantitative estimate of drug-likeness (QED) is 0.825. The van der Waals surface area contributed by atoms with Gasteiger partial charge in [0.25, 0.3) is 0 Å². The molecular formula is C17H26N2O5S. The van der Waals surface area contributed by atoms with Crippen LogP contribution >= 0.6 is 0 Å². The van der Waals surface area contributed by atoms with E-state index >= 15 is 0 Å². The number of nitrogens with one attached hydrogen (secondary N) is 1. The molecule has 7 nitrogen and oxygen atoms in total. The Balaban J connectivity index is 2.32. The third-order valence-electron chi connectivity index (χ3n) is 4.24. The number of hydrogen-bond acceptors (Lipinski definition) is 5. The number of hydrogen-bond donors (Lipinski definition) is 1. The molecule has 2 atom stereocenters. The van der Waals surface area contributed by atoms with Crippen molar-refractivity contribution in [1.82, 2.24) is 5.32 Å². The van der Waals surface area contributed by atoms with Crippen molar-refractivity contribution >= 4 is 21.6 Å². The summed E-state index contributed by atoms with van der Waals surface area (Å²) in [5, 5.41) is 2.86. The minimum Gasteiger partial charge on any atom is -0.486 e. The molecule has 1 amide bonds. The summed E-state index contributed by atoms with van der Waals surface area (Å²) in [6.45, 7) is 8.30. The van der Waals surface area contributed by atoms with E-state index in [1.54, 1.807) is 25.1 Å². The Morgan fingerprint density at radius 3 is 2.28 bits per heavy atom. The van der Waals surface area contributed by atoms with Gasteiger partial charge in [0, 0.05) is 12.1 Å². The third-order valence-corrected chi connectivity index (χ3v) is 5.48. The normalized spacial score (nSPS) is 16.2. The van der Waals surface area contributed by atoms with E-state index in [0.717, 1.165) is 10.6 Å². The summed E-state index contributed by atoms with van der Waals surface area (Å²) in [4.78, 5) is 12.5. The maximum Gasteiger partial charge on any atom is 0.243 e. The predicted molar refractivity (Wildman–Crippen MR) is 96.7 cm³/mol. The first-order valence-electron chi connectivity index (χ1n) is 8.30. The van der Waals surface area contributed by atoms with Crippen molar-refractivity contribution in [2.75, 3.05) is 23.8 Å². The summed E-state index contributed by atoms with van der Waals surface area (Å²) in [6.07, 6.45) is 1.08. The van der Waals surface area contributed by atoms with Crippen LogP contribution in [0, 0.1) is 5.92 Å². The van der Waals surface area contributed by atoms with E-state index in [-0.39, 0.29) is 17.9 Å². The molecule has 0 bridgehead atoms. The molecule has 1 aromatic rings. The molecular weight excluding hydrogens is 344 g/mol. The minimum atomic E-state index is -3.67. The number of sulfonamides is 1. The monoisotopic (exact) mass is 370 g/mol. The highest BCUT2D eigenvalue weighted by Gasteiger charge is 2.31. The van der Waals surface area contributed by atoms with E-state index in [1.165, 1.54) is 0 Å². The predicted octanol–water partition coefficient (Wildman–Crippen LogP) is 1.77. The lowest BCUT2D eigenvalue weighted by Gasteiger charge is -2.30. The van der Waals surface area contributed by atoms with Gasteiger partial charge in [-0.15, -0.1) is 0 Å². The number of carbonyl (C=O) groups is 1. The Hall–Kier alpha value is -1.96. The summed E-state index contributed by atoms with van der Waals surface area (Å²) in [6, 6.07) is 3.91. The van der Waals surface area contributed by atoms with Crippen LogP contribution in [0.1, 0.15) is 27.7 Å². The zero-order valence-corrected chi connectivity index (χ0v) is 16.1. The molecule has 25 heavy (non-hydrogen) atoms. The molecule has 140 valence electrons. The topological polar surface area (TPSA) is 84.9 Å². The van der Waals surface area contributed by atoms with Crippen molar-refractivity contribution in [3.05, 3.63) is 18.2 Å². The molecule has 0 unspecified atom stereocenters. The van der Waals surface area contributed by atoms with Crippen LogP contribution in [0.15, 0.2) is 18.2 Å². The Morgan fingerprint density at radius 2 is 1.72 bits per heavy atom. The van der Waals surface area contributed by atoms with Crippen molar-refractivity contribution in [3.63, 3.8) is 0 Å². The lowest BCUT2D eigenvalue weighted by atomic mass is 10.1. The maximum atomic E-state index is 12.5. The first-order chi connectivity index (χ1) is 11.6. The van der Waals surface area contributed by atoms with Crippen molar-refractivity contribution in [2.24, 2.45) is 5.92 Å². The molecule has 0 saturated carbocycles. The number of benzene rings is 1. The molecule has 1 N–H and O–H groups in total. The highest BCUT2D eigenvalue weighted by molar-refractivity contribution is 7.92. The van der Waals surface area contributed by atoms with Crippen LogP contribution in [-0.4, -0.2) is 45.9 Å². The second kappa shape index (κ2) is 7.51. The Kier molecular flexibility index (Phi) is 5.82. The summed E-state index contributed by atoms with van der Waals surface area (Å²) in [5.41, 5.74) is 0.367. The van der Waals surface area contributed by atoms with Crippen LogP contribution in [0.5, 0.6) is 11.5 Å². The van der Waals surface area contributed by atoms with Gasteiger partial charge in [0.15, 0.2) is 11.5 Å². The van der Waals surface area contributed by atoms with Crippen molar-refractivity contribution < 1.29 is 22.7 Å². The second-order valence-electron chi connectivity index (χ2n) is 6.60. The summed E-state index contributed by atoms with van der Waals surface area (Å²) >= 11 is 0. The van der Waals surface area contributed by atoms with E-state index in [9.17, 15) is 13.2 Å². The zero-order chi connectivity index (χ0) is 18.8. The van der Waals surface area contributed by atoms with Gasteiger partial charge in [-0.2, -0.15) is 0 Å². The van der Waals surface area contributed by atoms with Gasteiger partial charge in [-0.3, -0.25) is 9.10 Å². The Morgan fingerprint density at radius 1 is 1.12 bits per heavy atom. The maximum absolute atomic E-state index is 12.5. The van der Waals surface area contributed by atoms with Crippen LogP contribution < -0.4 is 19.1 Å². The molecule has 0 radical (unpaired) electrons. The molecule has 0 aromatic heterocycles. The average Bonchev–Trinajstić information content (AvgIpc) is 2.53. The van der Waals surface area contributed by atoms with Gasteiger partial charge in [-0.1, -0.05) is 13.8 Å². The third kappa shape index (κ3) is 4.56. The molecule has 1 aromatic carbocycles. The van der Waals surface area contributed by atoms with Gasteiger partial charge in [-0.05, 0) is 31.9 Å². The van der Waals surface area contributed by atoms with Crippen molar-refractivity contribution in [2.45, 2.75) is 39.8 Å². The van der Waals surface area contributed by atoms with Gasteiger partial charge in [-0.25, -0.2) is 8.42 Å². The summed E-state index contributed by atoms with van der Waals surface area (Å²) in [5.74, 6) is 0.938. The van der Waals surface area contributed by atoms with E-state index < -0.39 is 16.1 Å². The number of anilines is 1. The standard InChI is InChI=1S/C17H26N2O5S/c1-11(2)12(3)18-17(20)13(4)19(25(5,21)22)14-6-7-15-16(10-14)24-9-8-23-15/h6-7,10-13H,8-9H2,1-5H3,(H,18,20)/t12-,13+/m1/s1. The number of nitrogens with zero attached hydrogens (tertiary/aromatic N) is 1. The van der Waals surface area contributed by atoms with E-state index in [0.29, 0.717) is 30.4 Å². The van der Waals surface area contributed by atoms with Crippen LogP contribution in [-0.2, 0) is 14.8 Å². The van der Waals surface area contributed by atoms with Gasteiger partial charge in [0.2, 0.25) is 15.9 Å².